The minimum atomic E-state index is -2.84. The Bertz CT molecular complexity index is 1260. The first-order valence-corrected chi connectivity index (χ1v) is 14.5. The molecule has 2 aliphatic rings. The van der Waals surface area contributed by atoms with E-state index in [2.05, 4.69) is 10.6 Å². The van der Waals surface area contributed by atoms with Crippen molar-refractivity contribution in [3.8, 4) is 0 Å². The lowest BCUT2D eigenvalue weighted by Crippen LogP contribution is -2.55. The summed E-state index contributed by atoms with van der Waals surface area (Å²) in [5.41, 5.74) is 9.30. The molecule has 41 heavy (non-hydrogen) atoms. The van der Waals surface area contributed by atoms with Gasteiger partial charge >= 0.3 is 0 Å². The number of anilines is 1. The molecule has 1 fully saturated rings. The van der Waals surface area contributed by atoms with Gasteiger partial charge in [-0.2, -0.15) is 0 Å². The van der Waals surface area contributed by atoms with Gasteiger partial charge in [0.25, 0.3) is 5.92 Å². The number of nitrogens with two attached hydrogens (primary N) is 1. The van der Waals surface area contributed by atoms with Gasteiger partial charge in [0, 0.05) is 36.6 Å². The molecule has 0 aliphatic carbocycles. The molecule has 0 bridgehead atoms. The van der Waals surface area contributed by atoms with Crippen molar-refractivity contribution >= 4 is 35.0 Å². The maximum Gasteiger partial charge on any atom is 0.265 e. The Hall–Kier alpha value is -3.08. The van der Waals surface area contributed by atoms with Crippen molar-refractivity contribution in [2.45, 2.75) is 70.0 Å². The van der Waals surface area contributed by atoms with Crippen molar-refractivity contribution in [1.29, 1.82) is 0 Å². The first kappa shape index (κ1) is 30.9. The highest BCUT2D eigenvalue weighted by Crippen LogP contribution is 2.28. The number of carbonyl (C=O) groups excluding carboxylic acids is 3. The van der Waals surface area contributed by atoms with Crippen LogP contribution in [0.2, 0.25) is 5.02 Å². The highest BCUT2D eigenvalue weighted by Gasteiger charge is 2.37. The van der Waals surface area contributed by atoms with Gasteiger partial charge in [-0.3, -0.25) is 19.3 Å². The minimum absolute atomic E-state index is 0.126. The van der Waals surface area contributed by atoms with Crippen molar-refractivity contribution in [1.82, 2.24) is 15.1 Å². The standard InChI is InChI=1S/C30H38ClF2N5O3/c1-20-16-23(9-10-24(20)31)35-28(40)25(11-13-34)36-29(41)26-17-21-6-2-3-7-22(21)18-37(26)14-4-8-27(39)38-15-5-12-30(32,33)19-38/h2-3,6-7,9-10,16,25-26H,4-5,8,11-15,17-19,34H2,1H3,(H,35,40)(H,36,41)/t25-,26-/m0/s1. The molecule has 2 aliphatic heterocycles. The second-order valence-electron chi connectivity index (χ2n) is 10.9. The first-order chi connectivity index (χ1) is 19.6. The molecule has 2 atom stereocenters. The third-order valence-electron chi connectivity index (χ3n) is 7.74. The fourth-order valence-electron chi connectivity index (χ4n) is 5.50. The zero-order chi connectivity index (χ0) is 29.6. The lowest BCUT2D eigenvalue weighted by molar-refractivity contribution is -0.141. The van der Waals surface area contributed by atoms with Crippen molar-refractivity contribution in [3.63, 3.8) is 0 Å². The Kier molecular flexibility index (Phi) is 10.3. The van der Waals surface area contributed by atoms with E-state index < -0.39 is 24.6 Å². The van der Waals surface area contributed by atoms with E-state index in [1.54, 1.807) is 18.2 Å². The second-order valence-corrected chi connectivity index (χ2v) is 11.3. The Balaban J connectivity index is 1.41. The molecule has 0 saturated carbocycles. The molecule has 2 heterocycles. The fraction of sp³-hybridized carbons (Fsp3) is 0.500. The smallest absolute Gasteiger partial charge is 0.265 e. The molecule has 2 aromatic carbocycles. The molecule has 0 unspecified atom stereocenters. The zero-order valence-corrected chi connectivity index (χ0v) is 24.1. The number of hydrogen-bond acceptors (Lipinski definition) is 5. The van der Waals surface area contributed by atoms with Crippen LogP contribution in [0.3, 0.4) is 0 Å². The highest BCUT2D eigenvalue weighted by atomic mass is 35.5. The molecule has 0 aromatic heterocycles. The van der Waals surface area contributed by atoms with Crippen LogP contribution in [0.5, 0.6) is 0 Å². The minimum Gasteiger partial charge on any atom is -0.343 e. The molecular formula is C30H38ClF2N5O3. The summed E-state index contributed by atoms with van der Waals surface area (Å²) in [6.45, 7) is 2.78. The molecule has 3 amide bonds. The van der Waals surface area contributed by atoms with Crippen LogP contribution in [0.25, 0.3) is 0 Å². The molecular weight excluding hydrogens is 552 g/mol. The first-order valence-electron chi connectivity index (χ1n) is 14.1. The predicted molar refractivity (Wildman–Crippen MR) is 155 cm³/mol. The number of benzene rings is 2. The van der Waals surface area contributed by atoms with E-state index in [0.717, 1.165) is 16.7 Å². The number of likely N-dealkylation sites (tertiary alicyclic amines) is 1. The Morgan fingerprint density at radius 3 is 2.63 bits per heavy atom. The summed E-state index contributed by atoms with van der Waals surface area (Å²) < 4.78 is 27.6. The second kappa shape index (κ2) is 13.7. The molecule has 222 valence electrons. The summed E-state index contributed by atoms with van der Waals surface area (Å²) in [7, 11) is 0. The van der Waals surface area contributed by atoms with E-state index in [1.807, 2.05) is 36.1 Å². The topological polar surface area (TPSA) is 108 Å². The van der Waals surface area contributed by atoms with E-state index in [-0.39, 0.29) is 43.5 Å². The Labute approximate surface area is 244 Å². The van der Waals surface area contributed by atoms with Crippen LogP contribution in [0.1, 0.15) is 48.8 Å². The lowest BCUT2D eigenvalue weighted by Gasteiger charge is -2.37. The van der Waals surface area contributed by atoms with Crippen LogP contribution in [-0.4, -0.2) is 71.7 Å². The summed E-state index contributed by atoms with van der Waals surface area (Å²) in [5, 5.41) is 6.32. The van der Waals surface area contributed by atoms with Crippen LogP contribution >= 0.6 is 11.6 Å². The summed E-state index contributed by atoms with van der Waals surface area (Å²) >= 11 is 6.10. The number of amides is 3. The third kappa shape index (κ3) is 8.24. The maximum absolute atomic E-state index is 13.8. The van der Waals surface area contributed by atoms with Gasteiger partial charge in [-0.25, -0.2) is 8.78 Å². The van der Waals surface area contributed by atoms with Gasteiger partial charge < -0.3 is 21.3 Å². The van der Waals surface area contributed by atoms with E-state index in [9.17, 15) is 23.2 Å². The number of piperidine rings is 1. The fourth-order valence-corrected chi connectivity index (χ4v) is 5.61. The highest BCUT2D eigenvalue weighted by molar-refractivity contribution is 6.31. The molecule has 0 spiro atoms. The van der Waals surface area contributed by atoms with Gasteiger partial charge in [0.15, 0.2) is 0 Å². The van der Waals surface area contributed by atoms with E-state index in [1.165, 1.54) is 4.90 Å². The van der Waals surface area contributed by atoms with Crippen molar-refractivity contribution in [2.75, 3.05) is 31.5 Å². The van der Waals surface area contributed by atoms with E-state index in [4.69, 9.17) is 17.3 Å². The van der Waals surface area contributed by atoms with Crippen molar-refractivity contribution in [2.24, 2.45) is 5.73 Å². The molecule has 2 aromatic rings. The number of hydrogen-bond donors (Lipinski definition) is 3. The zero-order valence-electron chi connectivity index (χ0n) is 23.3. The van der Waals surface area contributed by atoms with Crippen molar-refractivity contribution in [3.05, 3.63) is 64.2 Å². The number of nitrogens with zero attached hydrogens (tertiary/aromatic N) is 2. The average Bonchev–Trinajstić information content (AvgIpc) is 2.93. The Morgan fingerprint density at radius 1 is 1.17 bits per heavy atom. The van der Waals surface area contributed by atoms with E-state index in [0.29, 0.717) is 49.6 Å². The largest absolute Gasteiger partial charge is 0.343 e. The van der Waals surface area contributed by atoms with Gasteiger partial charge in [0.2, 0.25) is 17.7 Å². The SMILES string of the molecule is Cc1cc(NC(=O)[C@H](CCN)NC(=O)[C@@H]2Cc3ccccc3CN2CCCC(=O)N2CCCC(F)(F)C2)ccc1Cl. The summed E-state index contributed by atoms with van der Waals surface area (Å²) in [5.74, 6) is -3.81. The third-order valence-corrected chi connectivity index (χ3v) is 8.17. The normalized spacial score (nSPS) is 19.2. The number of alkyl halides is 2. The number of carbonyl (C=O) groups is 3. The number of aryl methyl sites for hydroxylation is 1. The molecule has 4 rings (SSSR count). The van der Waals surface area contributed by atoms with Gasteiger partial charge in [-0.05, 0) is 80.6 Å². The van der Waals surface area contributed by atoms with Crippen LogP contribution in [0.4, 0.5) is 14.5 Å². The number of nitrogens with one attached hydrogen (secondary N) is 2. The van der Waals surface area contributed by atoms with Gasteiger partial charge in [0.1, 0.15) is 6.04 Å². The van der Waals surface area contributed by atoms with Gasteiger partial charge in [-0.1, -0.05) is 35.9 Å². The van der Waals surface area contributed by atoms with Crippen LogP contribution < -0.4 is 16.4 Å². The molecule has 0 radical (unpaired) electrons. The summed E-state index contributed by atoms with van der Waals surface area (Å²) in [4.78, 5) is 42.6. The summed E-state index contributed by atoms with van der Waals surface area (Å²) in [6.07, 6.45) is 1.35. The van der Waals surface area contributed by atoms with Crippen molar-refractivity contribution < 1.29 is 23.2 Å². The molecule has 1 saturated heterocycles. The van der Waals surface area contributed by atoms with Crippen LogP contribution in [-0.2, 0) is 27.3 Å². The number of rotatable bonds is 10. The molecule has 4 N–H and O–H groups in total. The molecule has 8 nitrogen and oxygen atoms in total. The predicted octanol–water partition coefficient (Wildman–Crippen LogP) is 3.89. The lowest BCUT2D eigenvalue weighted by atomic mass is 9.93. The summed E-state index contributed by atoms with van der Waals surface area (Å²) in [6, 6.07) is 11.6. The monoisotopic (exact) mass is 589 g/mol. The van der Waals surface area contributed by atoms with Crippen LogP contribution in [0, 0.1) is 6.92 Å². The van der Waals surface area contributed by atoms with E-state index >= 15 is 0 Å². The number of halogens is 3. The average molecular weight is 590 g/mol. The molecule has 11 heteroatoms. The Morgan fingerprint density at radius 2 is 1.93 bits per heavy atom. The maximum atomic E-state index is 13.8. The van der Waals surface area contributed by atoms with Crippen LogP contribution in [0.15, 0.2) is 42.5 Å². The van der Waals surface area contributed by atoms with Gasteiger partial charge in [-0.15, -0.1) is 0 Å². The number of fused-ring (bicyclic) bond motifs is 1. The quantitative estimate of drug-likeness (QED) is 0.390. The van der Waals surface area contributed by atoms with Gasteiger partial charge in [0.05, 0.1) is 12.6 Å².